The third-order valence-electron chi connectivity index (χ3n) is 3.83. The quantitative estimate of drug-likeness (QED) is 0.826. The summed E-state index contributed by atoms with van der Waals surface area (Å²) in [6, 6.07) is 0.495. The summed E-state index contributed by atoms with van der Waals surface area (Å²) >= 11 is 0. The zero-order valence-corrected chi connectivity index (χ0v) is 11.9. The Morgan fingerprint density at radius 2 is 2.10 bits per heavy atom. The molecule has 0 bridgehead atoms. The standard InChI is InChI=1S/C13H22N6O/c1-2-3-9-8-10(9)15-12-16-11(14)17-13(18-12)19-4-6-20-7-5-19/h9-10H,2-8H2,1H3,(H3,14,15,16,17,18). The lowest BCUT2D eigenvalue weighted by Gasteiger charge is -2.26. The van der Waals surface area contributed by atoms with Crippen molar-refractivity contribution in [3.05, 3.63) is 0 Å². The first kappa shape index (κ1) is 13.4. The summed E-state index contributed by atoms with van der Waals surface area (Å²) in [6.07, 6.45) is 3.68. The van der Waals surface area contributed by atoms with Crippen LogP contribution in [0.3, 0.4) is 0 Å². The van der Waals surface area contributed by atoms with E-state index in [1.807, 2.05) is 0 Å². The summed E-state index contributed by atoms with van der Waals surface area (Å²) in [5.41, 5.74) is 5.80. The summed E-state index contributed by atoms with van der Waals surface area (Å²) in [7, 11) is 0. The van der Waals surface area contributed by atoms with Crippen molar-refractivity contribution in [3.63, 3.8) is 0 Å². The molecule has 2 fully saturated rings. The van der Waals surface area contributed by atoms with Crippen LogP contribution >= 0.6 is 0 Å². The molecule has 7 nitrogen and oxygen atoms in total. The Morgan fingerprint density at radius 1 is 1.30 bits per heavy atom. The lowest BCUT2D eigenvalue weighted by Crippen LogP contribution is -2.37. The van der Waals surface area contributed by atoms with Gasteiger partial charge in [-0.05, 0) is 18.8 Å². The first-order valence-corrected chi connectivity index (χ1v) is 7.37. The molecular formula is C13H22N6O. The number of nitrogens with one attached hydrogen (secondary N) is 1. The van der Waals surface area contributed by atoms with Crippen molar-refractivity contribution in [2.75, 3.05) is 42.3 Å². The Hall–Kier alpha value is -1.63. The monoisotopic (exact) mass is 278 g/mol. The molecule has 2 heterocycles. The Bertz CT molecular complexity index is 462. The van der Waals surface area contributed by atoms with Crippen LogP contribution in [0.2, 0.25) is 0 Å². The van der Waals surface area contributed by atoms with Gasteiger partial charge in [-0.2, -0.15) is 15.0 Å². The number of hydrogen-bond donors (Lipinski definition) is 2. The first-order chi connectivity index (χ1) is 9.76. The Kier molecular flexibility index (Phi) is 3.86. The molecular weight excluding hydrogens is 256 g/mol. The van der Waals surface area contributed by atoms with Crippen molar-refractivity contribution in [3.8, 4) is 0 Å². The van der Waals surface area contributed by atoms with Crippen molar-refractivity contribution in [2.45, 2.75) is 32.2 Å². The van der Waals surface area contributed by atoms with Crippen LogP contribution in [0, 0.1) is 5.92 Å². The molecule has 3 rings (SSSR count). The average molecular weight is 278 g/mol. The van der Waals surface area contributed by atoms with E-state index in [1.54, 1.807) is 0 Å². The summed E-state index contributed by atoms with van der Waals surface area (Å²) < 4.78 is 5.34. The van der Waals surface area contributed by atoms with E-state index in [9.17, 15) is 0 Å². The SMILES string of the molecule is CCCC1CC1Nc1nc(N)nc(N2CCOCC2)n1. The molecule has 0 spiro atoms. The maximum absolute atomic E-state index is 5.80. The zero-order valence-electron chi connectivity index (χ0n) is 11.9. The highest BCUT2D eigenvalue weighted by molar-refractivity contribution is 5.43. The van der Waals surface area contributed by atoms with Gasteiger partial charge >= 0.3 is 0 Å². The van der Waals surface area contributed by atoms with Crippen molar-refractivity contribution in [1.29, 1.82) is 0 Å². The molecule has 110 valence electrons. The van der Waals surface area contributed by atoms with Gasteiger partial charge in [-0.3, -0.25) is 0 Å². The van der Waals surface area contributed by atoms with Crippen LogP contribution in [0.15, 0.2) is 0 Å². The molecule has 0 aromatic carbocycles. The number of morpholine rings is 1. The van der Waals surface area contributed by atoms with Crippen molar-refractivity contribution >= 4 is 17.8 Å². The normalized spacial score (nSPS) is 25.6. The summed E-state index contributed by atoms with van der Waals surface area (Å²) in [5, 5.41) is 3.37. The van der Waals surface area contributed by atoms with E-state index >= 15 is 0 Å². The van der Waals surface area contributed by atoms with Crippen LogP contribution in [-0.2, 0) is 4.74 Å². The minimum absolute atomic E-state index is 0.275. The van der Waals surface area contributed by atoms with E-state index in [0.29, 0.717) is 31.2 Å². The number of hydrogen-bond acceptors (Lipinski definition) is 7. The number of nitrogens with zero attached hydrogens (tertiary/aromatic N) is 4. The summed E-state index contributed by atoms with van der Waals surface area (Å²) in [5.74, 6) is 2.28. The van der Waals surface area contributed by atoms with Gasteiger partial charge in [0.15, 0.2) is 0 Å². The van der Waals surface area contributed by atoms with Crippen LogP contribution in [0.5, 0.6) is 0 Å². The number of anilines is 3. The largest absolute Gasteiger partial charge is 0.378 e. The molecule has 20 heavy (non-hydrogen) atoms. The van der Waals surface area contributed by atoms with E-state index in [4.69, 9.17) is 10.5 Å². The van der Waals surface area contributed by atoms with Gasteiger partial charge < -0.3 is 20.7 Å². The van der Waals surface area contributed by atoms with Gasteiger partial charge in [-0.1, -0.05) is 13.3 Å². The van der Waals surface area contributed by atoms with Crippen LogP contribution in [0.25, 0.3) is 0 Å². The predicted octanol–water partition coefficient (Wildman–Crippen LogP) is 0.891. The van der Waals surface area contributed by atoms with Gasteiger partial charge in [-0.15, -0.1) is 0 Å². The second kappa shape index (κ2) is 5.78. The van der Waals surface area contributed by atoms with Crippen LogP contribution in [0.4, 0.5) is 17.8 Å². The van der Waals surface area contributed by atoms with Crippen molar-refractivity contribution in [2.24, 2.45) is 5.92 Å². The maximum Gasteiger partial charge on any atom is 0.232 e. The molecule has 1 saturated carbocycles. The van der Waals surface area contributed by atoms with Crippen LogP contribution in [-0.4, -0.2) is 47.3 Å². The molecule has 0 amide bonds. The number of nitrogen functional groups attached to an aromatic ring is 1. The fraction of sp³-hybridized carbons (Fsp3) is 0.769. The predicted molar refractivity (Wildman–Crippen MR) is 77.7 cm³/mol. The van der Waals surface area contributed by atoms with Crippen LogP contribution < -0.4 is 16.0 Å². The fourth-order valence-corrected chi connectivity index (χ4v) is 2.63. The van der Waals surface area contributed by atoms with Crippen molar-refractivity contribution in [1.82, 2.24) is 15.0 Å². The molecule has 2 aliphatic rings. The molecule has 0 radical (unpaired) electrons. The van der Waals surface area contributed by atoms with E-state index in [2.05, 4.69) is 32.1 Å². The molecule has 1 saturated heterocycles. The van der Waals surface area contributed by atoms with Gasteiger partial charge in [0.25, 0.3) is 0 Å². The lowest BCUT2D eigenvalue weighted by molar-refractivity contribution is 0.122. The zero-order chi connectivity index (χ0) is 13.9. The van der Waals surface area contributed by atoms with Gasteiger partial charge in [0.05, 0.1) is 13.2 Å². The smallest absolute Gasteiger partial charge is 0.232 e. The van der Waals surface area contributed by atoms with Gasteiger partial charge in [0.2, 0.25) is 17.8 Å². The highest BCUT2D eigenvalue weighted by atomic mass is 16.5. The second-order valence-corrected chi connectivity index (χ2v) is 5.45. The molecule has 3 N–H and O–H groups in total. The topological polar surface area (TPSA) is 89.2 Å². The molecule has 1 aromatic heterocycles. The van der Waals surface area contributed by atoms with Gasteiger partial charge in [0, 0.05) is 19.1 Å². The molecule has 7 heteroatoms. The number of ether oxygens (including phenoxy) is 1. The van der Waals surface area contributed by atoms with E-state index in [-0.39, 0.29) is 5.95 Å². The van der Waals surface area contributed by atoms with Gasteiger partial charge in [0.1, 0.15) is 0 Å². The minimum Gasteiger partial charge on any atom is -0.378 e. The second-order valence-electron chi connectivity index (χ2n) is 5.45. The lowest BCUT2D eigenvalue weighted by atomic mass is 10.2. The average Bonchev–Trinajstić information content (AvgIpc) is 3.17. The highest BCUT2D eigenvalue weighted by Gasteiger charge is 2.36. The molecule has 1 aliphatic heterocycles. The van der Waals surface area contributed by atoms with E-state index in [0.717, 1.165) is 19.0 Å². The molecule has 1 aromatic rings. The number of nitrogens with two attached hydrogens (primary N) is 1. The highest BCUT2D eigenvalue weighted by Crippen LogP contribution is 2.36. The third kappa shape index (κ3) is 3.09. The Morgan fingerprint density at radius 3 is 2.85 bits per heavy atom. The Balaban J connectivity index is 1.67. The third-order valence-corrected chi connectivity index (χ3v) is 3.83. The number of rotatable bonds is 5. The minimum atomic E-state index is 0.275. The van der Waals surface area contributed by atoms with E-state index < -0.39 is 0 Å². The summed E-state index contributed by atoms with van der Waals surface area (Å²) in [4.78, 5) is 15.0. The molecule has 1 aliphatic carbocycles. The Labute approximate surface area is 118 Å². The summed E-state index contributed by atoms with van der Waals surface area (Å²) in [6.45, 7) is 5.22. The van der Waals surface area contributed by atoms with Crippen molar-refractivity contribution < 1.29 is 4.74 Å². The van der Waals surface area contributed by atoms with E-state index in [1.165, 1.54) is 19.3 Å². The molecule has 2 unspecified atom stereocenters. The molecule has 2 atom stereocenters. The van der Waals surface area contributed by atoms with Gasteiger partial charge in [-0.25, -0.2) is 0 Å². The maximum atomic E-state index is 5.80. The van der Waals surface area contributed by atoms with Crippen LogP contribution in [0.1, 0.15) is 26.2 Å². The first-order valence-electron chi connectivity index (χ1n) is 7.37. The fourth-order valence-electron chi connectivity index (χ4n) is 2.63. The number of aromatic nitrogens is 3.